The van der Waals surface area contributed by atoms with Crippen LogP contribution in [0.3, 0.4) is 0 Å². The lowest BCUT2D eigenvalue weighted by Gasteiger charge is -2.38. The molecular formula is C19H24N2O2S. The average molecular weight is 344 g/mol. The summed E-state index contributed by atoms with van der Waals surface area (Å²) in [5.74, 6) is 0.798. The Morgan fingerprint density at radius 2 is 1.92 bits per heavy atom. The summed E-state index contributed by atoms with van der Waals surface area (Å²) in [6.07, 6.45) is 3.36. The maximum atomic E-state index is 12.5. The molecule has 5 heteroatoms. The van der Waals surface area contributed by atoms with E-state index < -0.39 is 0 Å². The monoisotopic (exact) mass is 344 g/mol. The highest BCUT2D eigenvalue weighted by atomic mass is 32.1. The molecule has 0 radical (unpaired) electrons. The Morgan fingerprint density at radius 3 is 2.50 bits per heavy atom. The molecule has 2 heterocycles. The summed E-state index contributed by atoms with van der Waals surface area (Å²) in [7, 11) is 0. The summed E-state index contributed by atoms with van der Waals surface area (Å²) in [4.78, 5) is 18.9. The minimum Gasteiger partial charge on any atom is -0.484 e. The van der Waals surface area contributed by atoms with E-state index in [4.69, 9.17) is 4.74 Å². The topological polar surface area (TPSA) is 42.4 Å². The Labute approximate surface area is 147 Å². The minimum atomic E-state index is 0.0781. The number of hydrogen-bond donors (Lipinski definition) is 0. The third-order valence-electron chi connectivity index (χ3n) is 4.56. The van der Waals surface area contributed by atoms with E-state index in [0.29, 0.717) is 12.1 Å². The number of hydrogen-bond acceptors (Lipinski definition) is 4. The van der Waals surface area contributed by atoms with Gasteiger partial charge in [0.1, 0.15) is 10.8 Å². The van der Waals surface area contributed by atoms with E-state index >= 15 is 0 Å². The number of rotatable bonds is 4. The van der Waals surface area contributed by atoms with Crippen molar-refractivity contribution in [2.45, 2.75) is 52.1 Å². The van der Waals surface area contributed by atoms with E-state index in [-0.39, 0.29) is 12.5 Å². The molecule has 1 aromatic heterocycles. The Morgan fingerprint density at radius 1 is 1.25 bits per heavy atom. The third-order valence-corrected chi connectivity index (χ3v) is 5.57. The van der Waals surface area contributed by atoms with Crippen LogP contribution < -0.4 is 4.74 Å². The molecule has 1 aliphatic rings. The Balaban J connectivity index is 1.59. The zero-order valence-corrected chi connectivity index (χ0v) is 15.3. The Kier molecular flexibility index (Phi) is 5.19. The second kappa shape index (κ2) is 7.34. The summed E-state index contributed by atoms with van der Waals surface area (Å²) in [6, 6.07) is 8.40. The maximum absolute atomic E-state index is 12.5. The van der Waals surface area contributed by atoms with Crippen molar-refractivity contribution in [2.75, 3.05) is 6.61 Å². The molecule has 1 saturated heterocycles. The van der Waals surface area contributed by atoms with Gasteiger partial charge in [-0.3, -0.25) is 4.79 Å². The predicted octanol–water partition coefficient (Wildman–Crippen LogP) is 4.29. The lowest BCUT2D eigenvalue weighted by atomic mass is 9.97. The van der Waals surface area contributed by atoms with Crippen LogP contribution in [0, 0.1) is 6.92 Å². The smallest absolute Gasteiger partial charge is 0.260 e. The third kappa shape index (κ3) is 3.78. The largest absolute Gasteiger partial charge is 0.484 e. The van der Waals surface area contributed by atoms with Gasteiger partial charge in [0.15, 0.2) is 6.61 Å². The SMILES string of the molecule is Cc1csc(-c2ccc(OCC(=O)N3[C@H](C)CCC[C@@H]3C)cc2)n1. The van der Waals surface area contributed by atoms with Crippen molar-refractivity contribution in [3.8, 4) is 16.3 Å². The number of aromatic nitrogens is 1. The lowest BCUT2D eigenvalue weighted by Crippen LogP contribution is -2.49. The van der Waals surface area contributed by atoms with Crippen molar-refractivity contribution in [3.05, 3.63) is 35.3 Å². The van der Waals surface area contributed by atoms with E-state index in [0.717, 1.165) is 34.9 Å². The van der Waals surface area contributed by atoms with Gasteiger partial charge in [0.25, 0.3) is 5.91 Å². The number of aryl methyl sites for hydroxylation is 1. The highest BCUT2D eigenvalue weighted by molar-refractivity contribution is 7.13. The number of nitrogens with zero attached hydrogens (tertiary/aromatic N) is 2. The van der Waals surface area contributed by atoms with E-state index in [9.17, 15) is 4.79 Å². The van der Waals surface area contributed by atoms with Crippen LogP contribution in [-0.2, 0) is 4.79 Å². The molecule has 0 spiro atoms. The molecule has 0 bridgehead atoms. The number of piperidine rings is 1. The van der Waals surface area contributed by atoms with E-state index in [1.165, 1.54) is 6.42 Å². The highest BCUT2D eigenvalue weighted by Crippen LogP contribution is 2.26. The first kappa shape index (κ1) is 17.0. The van der Waals surface area contributed by atoms with Gasteiger partial charge in [-0.15, -0.1) is 11.3 Å². The predicted molar refractivity (Wildman–Crippen MR) is 97.4 cm³/mol. The van der Waals surface area contributed by atoms with E-state index in [1.54, 1.807) is 11.3 Å². The van der Waals surface area contributed by atoms with Crippen molar-refractivity contribution in [1.82, 2.24) is 9.88 Å². The van der Waals surface area contributed by atoms with Crippen LogP contribution in [0.25, 0.3) is 10.6 Å². The molecule has 2 atom stereocenters. The van der Waals surface area contributed by atoms with Crippen molar-refractivity contribution < 1.29 is 9.53 Å². The summed E-state index contributed by atoms with van der Waals surface area (Å²) in [5.41, 5.74) is 2.11. The molecule has 1 fully saturated rings. The second-order valence-corrected chi connectivity index (χ2v) is 7.40. The van der Waals surface area contributed by atoms with Crippen LogP contribution in [0.2, 0.25) is 0 Å². The molecule has 0 unspecified atom stereocenters. The molecule has 0 N–H and O–H groups in total. The Hall–Kier alpha value is -1.88. The number of carbonyl (C=O) groups excluding carboxylic acids is 1. The van der Waals surface area contributed by atoms with Gasteiger partial charge in [-0.05, 0) is 64.3 Å². The first-order valence-corrected chi connectivity index (χ1v) is 9.39. The second-order valence-electron chi connectivity index (χ2n) is 6.54. The van der Waals surface area contributed by atoms with Crippen LogP contribution in [0.4, 0.5) is 0 Å². The Bertz CT molecular complexity index is 686. The molecule has 4 nitrogen and oxygen atoms in total. The van der Waals surface area contributed by atoms with E-state index in [2.05, 4.69) is 18.8 Å². The average Bonchev–Trinajstić information content (AvgIpc) is 3.00. The summed E-state index contributed by atoms with van der Waals surface area (Å²) < 4.78 is 5.71. The van der Waals surface area contributed by atoms with Crippen molar-refractivity contribution in [2.24, 2.45) is 0 Å². The van der Waals surface area contributed by atoms with Gasteiger partial charge < -0.3 is 9.64 Å². The quantitative estimate of drug-likeness (QED) is 0.831. The summed E-state index contributed by atoms with van der Waals surface area (Å²) in [6.45, 7) is 6.34. The molecule has 0 aliphatic carbocycles. The molecule has 128 valence electrons. The molecule has 1 aromatic carbocycles. The summed E-state index contributed by atoms with van der Waals surface area (Å²) in [5, 5.41) is 3.05. The van der Waals surface area contributed by atoms with Crippen LogP contribution in [0.15, 0.2) is 29.6 Å². The fourth-order valence-electron chi connectivity index (χ4n) is 3.31. The number of thiazole rings is 1. The molecule has 0 saturated carbocycles. The van der Waals surface area contributed by atoms with E-state index in [1.807, 2.05) is 41.5 Å². The zero-order valence-electron chi connectivity index (χ0n) is 14.5. The first-order chi connectivity index (χ1) is 11.5. The molecule has 1 aliphatic heterocycles. The van der Waals surface area contributed by atoms with Crippen molar-refractivity contribution in [1.29, 1.82) is 0 Å². The summed E-state index contributed by atoms with van der Waals surface area (Å²) >= 11 is 1.63. The highest BCUT2D eigenvalue weighted by Gasteiger charge is 2.28. The van der Waals surface area contributed by atoms with Crippen LogP contribution in [-0.4, -0.2) is 34.5 Å². The minimum absolute atomic E-state index is 0.0781. The fourth-order valence-corrected chi connectivity index (χ4v) is 4.12. The molecule has 2 aromatic rings. The van der Waals surface area contributed by atoms with Gasteiger partial charge in [-0.1, -0.05) is 0 Å². The van der Waals surface area contributed by atoms with Gasteiger partial charge in [-0.2, -0.15) is 0 Å². The zero-order chi connectivity index (χ0) is 17.1. The number of amides is 1. The van der Waals surface area contributed by atoms with Gasteiger partial charge in [0.05, 0.1) is 0 Å². The first-order valence-electron chi connectivity index (χ1n) is 8.51. The number of ether oxygens (including phenoxy) is 1. The maximum Gasteiger partial charge on any atom is 0.260 e. The fraction of sp³-hybridized carbons (Fsp3) is 0.474. The molecule has 24 heavy (non-hydrogen) atoms. The van der Waals surface area contributed by atoms with Crippen LogP contribution in [0.1, 0.15) is 38.8 Å². The molecule has 1 amide bonds. The number of likely N-dealkylation sites (tertiary alicyclic amines) is 1. The van der Waals surface area contributed by atoms with Crippen molar-refractivity contribution >= 4 is 17.2 Å². The number of carbonyl (C=O) groups is 1. The van der Waals surface area contributed by atoms with Gasteiger partial charge >= 0.3 is 0 Å². The molecule has 3 rings (SSSR count). The normalized spacial score (nSPS) is 20.9. The van der Waals surface area contributed by atoms with Gasteiger partial charge in [0.2, 0.25) is 0 Å². The standard InChI is InChI=1S/C19H24N2O2S/c1-13-12-24-19(20-13)16-7-9-17(10-8-16)23-11-18(22)21-14(2)5-4-6-15(21)3/h7-10,12,14-15H,4-6,11H2,1-3H3/t14-,15+. The lowest BCUT2D eigenvalue weighted by molar-refractivity contribution is -0.139. The van der Waals surface area contributed by atoms with Crippen LogP contribution in [0.5, 0.6) is 5.75 Å². The van der Waals surface area contributed by atoms with Crippen molar-refractivity contribution in [3.63, 3.8) is 0 Å². The number of benzene rings is 1. The van der Waals surface area contributed by atoms with Crippen LogP contribution >= 0.6 is 11.3 Å². The van der Waals surface area contributed by atoms with Gasteiger partial charge in [-0.25, -0.2) is 4.98 Å². The molecular weight excluding hydrogens is 320 g/mol. The van der Waals surface area contributed by atoms with Gasteiger partial charge in [0, 0.05) is 28.7 Å².